The summed E-state index contributed by atoms with van der Waals surface area (Å²) in [6, 6.07) is 13.4. The molecular weight excluding hydrogens is 334 g/mol. The summed E-state index contributed by atoms with van der Waals surface area (Å²) in [4.78, 5) is 12.3. The number of halogens is 1. The predicted molar refractivity (Wildman–Crippen MR) is 91.3 cm³/mol. The first kappa shape index (κ1) is 17.5. The fourth-order valence-corrected chi connectivity index (χ4v) is 2.92. The molecular formula is C17H18ClNO3S. The van der Waals surface area contributed by atoms with Gasteiger partial charge in [0.25, 0.3) is 0 Å². The highest BCUT2D eigenvalue weighted by Crippen LogP contribution is 2.16. The van der Waals surface area contributed by atoms with E-state index in [9.17, 15) is 13.2 Å². The minimum absolute atomic E-state index is 0.105. The third kappa shape index (κ3) is 5.08. The van der Waals surface area contributed by atoms with Crippen LogP contribution in [0.2, 0.25) is 5.02 Å². The van der Waals surface area contributed by atoms with Crippen LogP contribution in [-0.4, -0.2) is 20.6 Å². The maximum absolute atomic E-state index is 12.1. The molecule has 0 aliphatic heterocycles. The molecule has 2 aromatic carbocycles. The first-order valence-corrected chi connectivity index (χ1v) is 9.36. The smallest absolute Gasteiger partial charge is 0.224 e. The second kappa shape index (κ2) is 7.15. The van der Waals surface area contributed by atoms with Gasteiger partial charge in [-0.05, 0) is 42.3 Å². The zero-order valence-electron chi connectivity index (χ0n) is 12.9. The van der Waals surface area contributed by atoms with E-state index in [1.807, 2.05) is 19.1 Å². The summed E-state index contributed by atoms with van der Waals surface area (Å²) in [5, 5.41) is 3.53. The van der Waals surface area contributed by atoms with Crippen molar-refractivity contribution in [2.24, 2.45) is 0 Å². The maximum atomic E-state index is 12.1. The lowest BCUT2D eigenvalue weighted by Crippen LogP contribution is -2.28. The van der Waals surface area contributed by atoms with Gasteiger partial charge in [0.15, 0.2) is 9.84 Å². The Balaban J connectivity index is 1.99. The van der Waals surface area contributed by atoms with Gasteiger partial charge in [-0.25, -0.2) is 8.42 Å². The van der Waals surface area contributed by atoms with Crippen molar-refractivity contribution in [1.82, 2.24) is 5.32 Å². The van der Waals surface area contributed by atoms with Crippen LogP contribution in [-0.2, 0) is 21.1 Å². The van der Waals surface area contributed by atoms with E-state index in [2.05, 4.69) is 5.32 Å². The van der Waals surface area contributed by atoms with Gasteiger partial charge in [-0.1, -0.05) is 35.9 Å². The number of carbonyl (C=O) groups is 1. The summed E-state index contributed by atoms with van der Waals surface area (Å²) in [6.45, 7) is 1.86. The average molecular weight is 352 g/mol. The van der Waals surface area contributed by atoms with Crippen LogP contribution in [0.4, 0.5) is 0 Å². The van der Waals surface area contributed by atoms with Crippen molar-refractivity contribution < 1.29 is 13.2 Å². The Kier molecular flexibility index (Phi) is 5.44. The van der Waals surface area contributed by atoms with Gasteiger partial charge < -0.3 is 5.32 Å². The number of hydrogen-bond donors (Lipinski definition) is 1. The molecule has 0 aliphatic rings. The minimum Gasteiger partial charge on any atom is -0.349 e. The van der Waals surface area contributed by atoms with Crippen LogP contribution in [0.1, 0.15) is 24.1 Å². The molecule has 122 valence electrons. The number of hydrogen-bond acceptors (Lipinski definition) is 3. The van der Waals surface area contributed by atoms with Crippen LogP contribution in [0.3, 0.4) is 0 Å². The SMILES string of the molecule is CC(NC(=O)Cc1ccc(Cl)cc1)c1ccc(S(C)(=O)=O)cc1. The number of rotatable bonds is 5. The fraction of sp³-hybridized carbons (Fsp3) is 0.235. The van der Waals surface area contributed by atoms with Crippen LogP contribution in [0, 0.1) is 0 Å². The van der Waals surface area contributed by atoms with Gasteiger partial charge >= 0.3 is 0 Å². The fourth-order valence-electron chi connectivity index (χ4n) is 2.17. The predicted octanol–water partition coefficient (Wildman–Crippen LogP) is 3.16. The Hall–Kier alpha value is -1.85. The Bertz CT molecular complexity index is 784. The summed E-state index contributed by atoms with van der Waals surface area (Å²) in [5.74, 6) is -0.105. The first-order chi connectivity index (χ1) is 10.8. The van der Waals surface area contributed by atoms with E-state index < -0.39 is 9.84 Å². The largest absolute Gasteiger partial charge is 0.349 e. The van der Waals surface area contributed by atoms with Crippen LogP contribution >= 0.6 is 11.6 Å². The lowest BCUT2D eigenvalue weighted by molar-refractivity contribution is -0.121. The van der Waals surface area contributed by atoms with Crippen molar-refractivity contribution in [3.63, 3.8) is 0 Å². The third-order valence-electron chi connectivity index (χ3n) is 3.46. The molecule has 0 fully saturated rings. The van der Waals surface area contributed by atoms with E-state index in [-0.39, 0.29) is 23.3 Å². The lowest BCUT2D eigenvalue weighted by atomic mass is 10.1. The van der Waals surface area contributed by atoms with Crippen molar-refractivity contribution in [2.45, 2.75) is 24.3 Å². The van der Waals surface area contributed by atoms with Crippen molar-refractivity contribution in [3.8, 4) is 0 Å². The highest BCUT2D eigenvalue weighted by molar-refractivity contribution is 7.90. The second-order valence-corrected chi connectivity index (χ2v) is 7.89. The number of benzene rings is 2. The molecule has 23 heavy (non-hydrogen) atoms. The molecule has 0 saturated heterocycles. The highest BCUT2D eigenvalue weighted by Gasteiger charge is 2.12. The standard InChI is InChI=1S/C17H18ClNO3S/c1-12(14-5-9-16(10-6-14)23(2,21)22)19-17(20)11-13-3-7-15(18)8-4-13/h3-10,12H,11H2,1-2H3,(H,19,20). The summed E-state index contributed by atoms with van der Waals surface area (Å²) < 4.78 is 22.9. The topological polar surface area (TPSA) is 63.2 Å². The molecule has 4 nitrogen and oxygen atoms in total. The van der Waals surface area contributed by atoms with E-state index in [0.29, 0.717) is 5.02 Å². The molecule has 0 heterocycles. The summed E-state index contributed by atoms with van der Waals surface area (Å²) >= 11 is 5.81. The molecule has 2 rings (SSSR count). The normalized spacial score (nSPS) is 12.7. The molecule has 1 unspecified atom stereocenters. The molecule has 6 heteroatoms. The maximum Gasteiger partial charge on any atom is 0.224 e. The molecule has 0 aliphatic carbocycles. The molecule has 1 N–H and O–H groups in total. The highest BCUT2D eigenvalue weighted by atomic mass is 35.5. The second-order valence-electron chi connectivity index (χ2n) is 5.43. The van der Waals surface area contributed by atoms with Crippen molar-refractivity contribution in [1.29, 1.82) is 0 Å². The number of nitrogens with one attached hydrogen (secondary N) is 1. The zero-order chi connectivity index (χ0) is 17.0. The van der Waals surface area contributed by atoms with Crippen LogP contribution in [0.25, 0.3) is 0 Å². The minimum atomic E-state index is -3.21. The zero-order valence-corrected chi connectivity index (χ0v) is 14.5. The van der Waals surface area contributed by atoms with Crippen molar-refractivity contribution in [2.75, 3.05) is 6.26 Å². The Morgan fingerprint density at radius 3 is 2.17 bits per heavy atom. The molecule has 0 bridgehead atoms. The van der Waals surface area contributed by atoms with E-state index in [1.54, 1.807) is 36.4 Å². The summed E-state index contributed by atoms with van der Waals surface area (Å²) in [5.41, 5.74) is 1.73. The van der Waals surface area contributed by atoms with E-state index in [1.165, 1.54) is 6.26 Å². The van der Waals surface area contributed by atoms with Gasteiger partial charge in [0, 0.05) is 11.3 Å². The average Bonchev–Trinajstić information content (AvgIpc) is 2.49. The molecule has 0 saturated carbocycles. The molecule has 0 spiro atoms. The van der Waals surface area contributed by atoms with Gasteiger partial charge in [-0.15, -0.1) is 0 Å². The Morgan fingerprint density at radius 1 is 1.09 bits per heavy atom. The van der Waals surface area contributed by atoms with Crippen molar-refractivity contribution >= 4 is 27.3 Å². The van der Waals surface area contributed by atoms with Gasteiger partial charge in [-0.2, -0.15) is 0 Å². The quantitative estimate of drug-likeness (QED) is 0.899. The number of carbonyl (C=O) groups excluding carboxylic acids is 1. The van der Waals surface area contributed by atoms with E-state index >= 15 is 0 Å². The first-order valence-electron chi connectivity index (χ1n) is 7.09. The molecule has 2 aromatic rings. The van der Waals surface area contributed by atoms with Gasteiger partial charge in [0.05, 0.1) is 17.4 Å². The van der Waals surface area contributed by atoms with E-state index in [0.717, 1.165) is 11.1 Å². The monoisotopic (exact) mass is 351 g/mol. The Labute approximate surface area is 141 Å². The van der Waals surface area contributed by atoms with Crippen LogP contribution < -0.4 is 5.32 Å². The van der Waals surface area contributed by atoms with Gasteiger partial charge in [0.2, 0.25) is 5.91 Å². The van der Waals surface area contributed by atoms with Gasteiger partial charge in [-0.3, -0.25) is 4.79 Å². The summed E-state index contributed by atoms with van der Waals surface area (Å²) in [7, 11) is -3.21. The van der Waals surface area contributed by atoms with Gasteiger partial charge in [0.1, 0.15) is 0 Å². The molecule has 1 amide bonds. The molecule has 0 aromatic heterocycles. The Morgan fingerprint density at radius 2 is 1.65 bits per heavy atom. The summed E-state index contributed by atoms with van der Waals surface area (Å²) in [6.07, 6.45) is 1.43. The third-order valence-corrected chi connectivity index (χ3v) is 4.84. The number of sulfone groups is 1. The lowest BCUT2D eigenvalue weighted by Gasteiger charge is -2.15. The van der Waals surface area contributed by atoms with E-state index in [4.69, 9.17) is 11.6 Å². The molecule has 0 radical (unpaired) electrons. The van der Waals surface area contributed by atoms with Crippen LogP contribution in [0.15, 0.2) is 53.4 Å². The number of amides is 1. The van der Waals surface area contributed by atoms with Crippen molar-refractivity contribution in [3.05, 3.63) is 64.7 Å². The van der Waals surface area contributed by atoms with Crippen LogP contribution in [0.5, 0.6) is 0 Å². The molecule has 1 atom stereocenters.